The van der Waals surface area contributed by atoms with Crippen LogP contribution in [0.1, 0.15) is 40.8 Å². The van der Waals surface area contributed by atoms with Crippen molar-refractivity contribution in [3.8, 4) is 0 Å². The molecule has 0 saturated carbocycles. The van der Waals surface area contributed by atoms with Crippen LogP contribution >= 0.6 is 11.8 Å². The Morgan fingerprint density at radius 2 is 1.72 bits per heavy atom. The van der Waals surface area contributed by atoms with Crippen LogP contribution < -0.4 is 10.6 Å². The standard InChI is InChI=1S/C37H33FN6OS/c1-23-17-18-31(24(2)19-23)40-35(45)33-25(3)39-36-41-37(46-22-27-13-7-9-15-30(27)38)42-44(36)34(33)29-21-43(20-26-11-5-4-6-12-26)32-16-10-8-14-28(29)32/h4-19,21,34H,20,22H2,1-3H3,(H,40,45)(H,39,41,42). The van der Waals surface area contributed by atoms with Gasteiger partial charge in [-0.3, -0.25) is 4.79 Å². The molecule has 7 nitrogen and oxygen atoms in total. The zero-order valence-electron chi connectivity index (χ0n) is 25.8. The number of aromatic nitrogens is 4. The molecule has 4 aromatic carbocycles. The van der Waals surface area contributed by atoms with Crippen LogP contribution in [0, 0.1) is 19.7 Å². The van der Waals surface area contributed by atoms with Gasteiger partial charge in [0.15, 0.2) is 0 Å². The molecule has 7 rings (SSSR count). The number of allylic oxidation sites excluding steroid dienone is 1. The second kappa shape index (κ2) is 12.3. The number of fused-ring (bicyclic) bond motifs is 2. The maximum absolute atomic E-state index is 14.4. The highest BCUT2D eigenvalue weighted by Crippen LogP contribution is 2.41. The van der Waals surface area contributed by atoms with Crippen molar-refractivity contribution in [3.05, 3.63) is 148 Å². The minimum absolute atomic E-state index is 0.219. The molecule has 0 saturated heterocycles. The fraction of sp³-hybridized carbons (Fsp3) is 0.162. The number of hydrogen-bond donors (Lipinski definition) is 2. The van der Waals surface area contributed by atoms with Crippen molar-refractivity contribution in [2.24, 2.45) is 0 Å². The van der Waals surface area contributed by atoms with Gasteiger partial charge >= 0.3 is 0 Å². The summed E-state index contributed by atoms with van der Waals surface area (Å²) in [7, 11) is 0. The van der Waals surface area contributed by atoms with Gasteiger partial charge in [-0.2, -0.15) is 4.98 Å². The van der Waals surface area contributed by atoms with Gasteiger partial charge in [0.1, 0.15) is 11.9 Å². The molecule has 0 spiro atoms. The van der Waals surface area contributed by atoms with E-state index >= 15 is 0 Å². The van der Waals surface area contributed by atoms with E-state index < -0.39 is 6.04 Å². The van der Waals surface area contributed by atoms with Crippen molar-refractivity contribution in [2.45, 2.75) is 44.3 Å². The molecule has 0 aliphatic carbocycles. The molecule has 46 heavy (non-hydrogen) atoms. The highest BCUT2D eigenvalue weighted by atomic mass is 32.2. The number of para-hydroxylation sites is 1. The number of anilines is 2. The zero-order valence-corrected chi connectivity index (χ0v) is 26.6. The molecule has 6 aromatic rings. The van der Waals surface area contributed by atoms with Gasteiger partial charge in [0.2, 0.25) is 11.1 Å². The van der Waals surface area contributed by atoms with Crippen LogP contribution in [0.2, 0.25) is 0 Å². The molecule has 0 radical (unpaired) electrons. The molecule has 2 aromatic heterocycles. The van der Waals surface area contributed by atoms with Crippen LogP contribution in [-0.2, 0) is 17.1 Å². The van der Waals surface area contributed by atoms with E-state index in [-0.39, 0.29) is 11.7 Å². The Balaban J connectivity index is 1.33. The summed E-state index contributed by atoms with van der Waals surface area (Å²) in [6.07, 6.45) is 2.13. The largest absolute Gasteiger partial charge is 0.343 e. The van der Waals surface area contributed by atoms with Crippen LogP contribution in [0.5, 0.6) is 0 Å². The van der Waals surface area contributed by atoms with Gasteiger partial charge in [-0.15, -0.1) is 5.10 Å². The first-order valence-corrected chi connectivity index (χ1v) is 16.1. The topological polar surface area (TPSA) is 76.8 Å². The first-order chi connectivity index (χ1) is 22.4. The van der Waals surface area contributed by atoms with Crippen molar-refractivity contribution in [1.82, 2.24) is 19.3 Å². The Bertz CT molecular complexity index is 2120. The smallest absolute Gasteiger partial charge is 0.255 e. The highest BCUT2D eigenvalue weighted by Gasteiger charge is 2.36. The summed E-state index contributed by atoms with van der Waals surface area (Å²) in [6, 6.07) is 30.7. The molecular formula is C37H33FN6OS. The van der Waals surface area contributed by atoms with Crippen molar-refractivity contribution in [1.29, 1.82) is 0 Å². The SMILES string of the molecule is CC1=C(C(=O)Nc2ccc(C)cc2C)C(c2cn(Cc3ccccc3)c3ccccc23)n2nc(SCc3ccccc3F)nc2N1. The van der Waals surface area contributed by atoms with Crippen LogP contribution in [0.15, 0.2) is 120 Å². The van der Waals surface area contributed by atoms with E-state index in [1.807, 2.05) is 69.3 Å². The maximum Gasteiger partial charge on any atom is 0.255 e. The fourth-order valence-corrected chi connectivity index (χ4v) is 6.89. The number of aryl methyl sites for hydroxylation is 2. The molecule has 0 fully saturated rings. The minimum Gasteiger partial charge on any atom is -0.343 e. The number of carbonyl (C=O) groups is 1. The normalized spacial score (nSPS) is 14.3. The lowest BCUT2D eigenvalue weighted by molar-refractivity contribution is -0.113. The number of rotatable bonds is 8. The van der Waals surface area contributed by atoms with E-state index in [0.29, 0.717) is 40.2 Å². The van der Waals surface area contributed by atoms with Crippen molar-refractivity contribution < 1.29 is 9.18 Å². The quantitative estimate of drug-likeness (QED) is 0.166. The van der Waals surface area contributed by atoms with E-state index in [0.717, 1.165) is 33.3 Å². The Labute approximate surface area is 271 Å². The summed E-state index contributed by atoms with van der Waals surface area (Å²) in [5.41, 5.74) is 7.86. The van der Waals surface area contributed by atoms with Gasteiger partial charge < -0.3 is 15.2 Å². The van der Waals surface area contributed by atoms with Crippen LogP contribution in [0.25, 0.3) is 10.9 Å². The van der Waals surface area contributed by atoms with Gasteiger partial charge in [-0.25, -0.2) is 9.07 Å². The Hall–Kier alpha value is -5.15. The number of thioether (sulfide) groups is 1. The summed E-state index contributed by atoms with van der Waals surface area (Å²) in [5, 5.41) is 12.9. The van der Waals surface area contributed by atoms with Crippen LogP contribution in [0.4, 0.5) is 16.0 Å². The molecule has 1 aliphatic rings. The lowest BCUT2D eigenvalue weighted by Crippen LogP contribution is -2.31. The second-order valence-electron chi connectivity index (χ2n) is 11.6. The van der Waals surface area contributed by atoms with Gasteiger partial charge in [0, 0.05) is 46.3 Å². The fourth-order valence-electron chi connectivity index (χ4n) is 6.08. The van der Waals surface area contributed by atoms with Gasteiger partial charge in [-0.1, -0.05) is 96.2 Å². The summed E-state index contributed by atoms with van der Waals surface area (Å²) >= 11 is 1.36. The lowest BCUT2D eigenvalue weighted by Gasteiger charge is -2.28. The van der Waals surface area contributed by atoms with Gasteiger partial charge in [0.05, 0.1) is 5.57 Å². The average molecular weight is 629 g/mol. The average Bonchev–Trinajstić information content (AvgIpc) is 3.62. The number of nitrogens with zero attached hydrogens (tertiary/aromatic N) is 4. The summed E-state index contributed by atoms with van der Waals surface area (Å²) in [4.78, 5) is 19.1. The predicted molar refractivity (Wildman–Crippen MR) is 182 cm³/mol. The number of nitrogens with one attached hydrogen (secondary N) is 2. The number of amides is 1. The number of carbonyl (C=O) groups excluding carboxylic acids is 1. The van der Waals surface area contributed by atoms with E-state index in [2.05, 4.69) is 51.7 Å². The molecular weight excluding hydrogens is 596 g/mol. The summed E-state index contributed by atoms with van der Waals surface area (Å²) in [5.74, 6) is 0.429. The van der Waals surface area contributed by atoms with Crippen molar-refractivity contribution >= 4 is 40.2 Å². The van der Waals surface area contributed by atoms with E-state index in [9.17, 15) is 9.18 Å². The third-order valence-corrected chi connectivity index (χ3v) is 9.22. The summed E-state index contributed by atoms with van der Waals surface area (Å²) in [6.45, 7) is 6.60. The van der Waals surface area contributed by atoms with Gasteiger partial charge in [0.25, 0.3) is 5.91 Å². The highest BCUT2D eigenvalue weighted by molar-refractivity contribution is 7.98. The lowest BCUT2D eigenvalue weighted by atomic mass is 9.94. The number of halogens is 1. The van der Waals surface area contributed by atoms with E-state index in [1.54, 1.807) is 16.8 Å². The molecule has 1 aliphatic heterocycles. The zero-order chi connectivity index (χ0) is 31.8. The monoisotopic (exact) mass is 628 g/mol. The van der Waals surface area contributed by atoms with Crippen LogP contribution in [-0.4, -0.2) is 25.2 Å². The van der Waals surface area contributed by atoms with Gasteiger partial charge in [-0.05, 0) is 55.7 Å². The molecule has 0 bridgehead atoms. The summed E-state index contributed by atoms with van der Waals surface area (Å²) < 4.78 is 18.4. The minimum atomic E-state index is -0.570. The molecule has 1 unspecified atom stereocenters. The number of benzene rings is 4. The Morgan fingerprint density at radius 3 is 2.52 bits per heavy atom. The second-order valence-corrected chi connectivity index (χ2v) is 12.5. The van der Waals surface area contributed by atoms with Crippen molar-refractivity contribution in [2.75, 3.05) is 10.6 Å². The molecule has 1 atom stereocenters. The molecule has 230 valence electrons. The Morgan fingerprint density at radius 1 is 0.957 bits per heavy atom. The first-order valence-electron chi connectivity index (χ1n) is 15.2. The maximum atomic E-state index is 14.4. The van der Waals surface area contributed by atoms with Crippen LogP contribution in [0.3, 0.4) is 0 Å². The van der Waals surface area contributed by atoms with E-state index in [1.165, 1.54) is 23.4 Å². The molecule has 9 heteroatoms. The van der Waals surface area contributed by atoms with Crippen molar-refractivity contribution in [3.63, 3.8) is 0 Å². The number of hydrogen-bond acceptors (Lipinski definition) is 5. The predicted octanol–water partition coefficient (Wildman–Crippen LogP) is 8.26. The molecule has 3 heterocycles. The first kappa shape index (κ1) is 29.6. The third-order valence-electron chi connectivity index (χ3n) is 8.33. The molecule has 2 N–H and O–H groups in total. The molecule has 1 amide bonds. The third kappa shape index (κ3) is 5.70. The Kier molecular flexibility index (Phi) is 7.92. The van der Waals surface area contributed by atoms with E-state index in [4.69, 9.17) is 10.1 Å².